The van der Waals surface area contributed by atoms with Gasteiger partial charge in [0.15, 0.2) is 0 Å². The van der Waals surface area contributed by atoms with Crippen LogP contribution in [0.15, 0.2) is 18.3 Å². The van der Waals surface area contributed by atoms with Crippen LogP contribution in [-0.2, 0) is 16.1 Å². The Balaban J connectivity index is 1.45. The van der Waals surface area contributed by atoms with E-state index in [1.165, 1.54) is 0 Å². The summed E-state index contributed by atoms with van der Waals surface area (Å²) in [6.07, 6.45) is 4.82. The maximum Gasteiger partial charge on any atom is 0.236 e. The van der Waals surface area contributed by atoms with E-state index in [9.17, 15) is 9.90 Å². The van der Waals surface area contributed by atoms with Gasteiger partial charge < -0.3 is 19.5 Å². The fourth-order valence-electron chi connectivity index (χ4n) is 5.19. The van der Waals surface area contributed by atoms with Crippen LogP contribution >= 0.6 is 0 Å². The van der Waals surface area contributed by atoms with Crippen molar-refractivity contribution in [2.75, 3.05) is 66.2 Å². The van der Waals surface area contributed by atoms with Crippen molar-refractivity contribution in [3.05, 3.63) is 23.9 Å². The average molecular weight is 419 g/mol. The minimum atomic E-state index is -0.117. The zero-order valence-corrected chi connectivity index (χ0v) is 18.0. The molecular weight excluding hydrogens is 384 g/mol. The van der Waals surface area contributed by atoms with E-state index in [0.717, 1.165) is 57.5 Å². The number of pyridine rings is 1. The molecule has 0 unspecified atom stereocenters. The molecule has 0 bridgehead atoms. The molecule has 0 saturated carbocycles. The number of rotatable bonds is 6. The summed E-state index contributed by atoms with van der Waals surface area (Å²) < 4.78 is 10.6. The molecule has 2 atom stereocenters. The van der Waals surface area contributed by atoms with Crippen molar-refractivity contribution in [1.82, 2.24) is 19.7 Å². The fraction of sp³-hybridized carbons (Fsp3) is 0.727. The first-order valence-corrected chi connectivity index (χ1v) is 11.1. The van der Waals surface area contributed by atoms with Crippen LogP contribution in [-0.4, -0.2) is 103 Å². The van der Waals surface area contributed by atoms with Gasteiger partial charge in [-0.15, -0.1) is 0 Å². The second-order valence-electron chi connectivity index (χ2n) is 8.80. The molecule has 8 nitrogen and oxygen atoms in total. The van der Waals surface area contributed by atoms with Crippen molar-refractivity contribution in [2.24, 2.45) is 5.41 Å². The monoisotopic (exact) mass is 418 g/mol. The number of ether oxygens (including phenoxy) is 2. The van der Waals surface area contributed by atoms with Crippen LogP contribution < -0.4 is 4.74 Å². The highest BCUT2D eigenvalue weighted by Crippen LogP contribution is 2.42. The first kappa shape index (κ1) is 21.5. The Hall–Kier alpha value is -1.74. The summed E-state index contributed by atoms with van der Waals surface area (Å²) in [5, 5.41) is 10.3. The number of aromatic nitrogens is 1. The third-order valence-electron chi connectivity index (χ3n) is 7.06. The first-order valence-electron chi connectivity index (χ1n) is 11.1. The number of hydrogen-bond acceptors (Lipinski definition) is 7. The predicted molar refractivity (Wildman–Crippen MR) is 112 cm³/mol. The Kier molecular flexibility index (Phi) is 6.87. The van der Waals surface area contributed by atoms with E-state index in [1.54, 1.807) is 7.11 Å². The van der Waals surface area contributed by atoms with Crippen LogP contribution in [0.3, 0.4) is 0 Å². The lowest BCUT2D eigenvalue weighted by molar-refractivity contribution is -0.143. The summed E-state index contributed by atoms with van der Waals surface area (Å²) >= 11 is 0. The van der Waals surface area contributed by atoms with Gasteiger partial charge in [0.05, 0.1) is 33.5 Å². The molecule has 0 aliphatic carbocycles. The Bertz CT molecular complexity index is 710. The molecule has 1 aromatic rings. The van der Waals surface area contributed by atoms with E-state index in [0.29, 0.717) is 32.2 Å². The van der Waals surface area contributed by atoms with E-state index in [4.69, 9.17) is 9.47 Å². The Labute approximate surface area is 178 Å². The number of nitrogens with zero attached hydrogens (tertiary/aromatic N) is 4. The lowest BCUT2D eigenvalue weighted by Crippen LogP contribution is -2.63. The third-order valence-corrected chi connectivity index (χ3v) is 7.06. The smallest absolute Gasteiger partial charge is 0.236 e. The van der Waals surface area contributed by atoms with E-state index in [1.807, 2.05) is 23.2 Å². The lowest BCUT2D eigenvalue weighted by atomic mass is 9.69. The first-order chi connectivity index (χ1) is 14.6. The van der Waals surface area contributed by atoms with Crippen molar-refractivity contribution >= 4 is 5.91 Å². The topological polar surface area (TPSA) is 78.4 Å². The van der Waals surface area contributed by atoms with Crippen LogP contribution in [0.1, 0.15) is 24.8 Å². The molecular formula is C22H34N4O4. The van der Waals surface area contributed by atoms with Crippen LogP contribution in [0, 0.1) is 5.41 Å². The van der Waals surface area contributed by atoms with Gasteiger partial charge in [0, 0.05) is 56.4 Å². The molecule has 30 heavy (non-hydrogen) atoms. The van der Waals surface area contributed by atoms with E-state index in [2.05, 4.69) is 14.8 Å². The highest BCUT2D eigenvalue weighted by molar-refractivity contribution is 5.78. The molecule has 4 rings (SSSR count). The number of hydrogen-bond donors (Lipinski definition) is 1. The van der Waals surface area contributed by atoms with E-state index < -0.39 is 0 Å². The molecule has 4 heterocycles. The van der Waals surface area contributed by atoms with Crippen LogP contribution in [0.5, 0.6) is 5.88 Å². The second kappa shape index (κ2) is 9.60. The van der Waals surface area contributed by atoms with Crippen LogP contribution in [0.25, 0.3) is 0 Å². The molecule has 166 valence electrons. The van der Waals surface area contributed by atoms with Gasteiger partial charge in [-0.3, -0.25) is 14.6 Å². The predicted octanol–water partition coefficient (Wildman–Crippen LogP) is 0.598. The van der Waals surface area contributed by atoms with Gasteiger partial charge in [-0.1, -0.05) is 6.07 Å². The van der Waals surface area contributed by atoms with Gasteiger partial charge in [0.25, 0.3) is 0 Å². The number of aliphatic hydroxyl groups excluding tert-OH is 1. The van der Waals surface area contributed by atoms with Crippen LogP contribution in [0.2, 0.25) is 0 Å². The second-order valence-corrected chi connectivity index (χ2v) is 8.80. The maximum atomic E-state index is 13.0. The number of aliphatic hydroxyl groups is 1. The van der Waals surface area contributed by atoms with E-state index >= 15 is 0 Å². The summed E-state index contributed by atoms with van der Waals surface area (Å²) in [4.78, 5) is 24.0. The van der Waals surface area contributed by atoms with Gasteiger partial charge in [-0.05, 0) is 31.4 Å². The molecule has 1 amide bonds. The summed E-state index contributed by atoms with van der Waals surface area (Å²) in [6.45, 7) is 6.86. The standard InChI is InChI=1S/C22H34N4O4/c1-29-20-4-3-18(13-23-20)14-25-7-2-5-22(17-27)6-8-26(15-19(22)25)21(28)16-24-9-11-30-12-10-24/h3-4,13,19,27H,2,5-12,14-17H2,1H3/t19-,22-/m0/s1. The van der Waals surface area contributed by atoms with Crippen LogP contribution in [0.4, 0.5) is 0 Å². The zero-order valence-electron chi connectivity index (χ0n) is 18.0. The molecule has 1 N–H and O–H groups in total. The quantitative estimate of drug-likeness (QED) is 0.725. The molecule has 3 saturated heterocycles. The molecule has 3 fully saturated rings. The van der Waals surface area contributed by atoms with Gasteiger partial charge in [-0.25, -0.2) is 4.98 Å². The van der Waals surface area contributed by atoms with Gasteiger partial charge >= 0.3 is 0 Å². The molecule has 0 spiro atoms. The number of carbonyl (C=O) groups is 1. The number of likely N-dealkylation sites (tertiary alicyclic amines) is 2. The largest absolute Gasteiger partial charge is 0.481 e. The van der Waals surface area contributed by atoms with Crippen molar-refractivity contribution in [3.8, 4) is 5.88 Å². The number of morpholine rings is 1. The van der Waals surface area contributed by atoms with E-state index in [-0.39, 0.29) is 24.0 Å². The molecule has 0 radical (unpaired) electrons. The minimum Gasteiger partial charge on any atom is -0.481 e. The van der Waals surface area contributed by atoms with Gasteiger partial charge in [-0.2, -0.15) is 0 Å². The highest BCUT2D eigenvalue weighted by Gasteiger charge is 2.48. The van der Waals surface area contributed by atoms with Crippen molar-refractivity contribution < 1.29 is 19.4 Å². The SMILES string of the molecule is COc1ccc(CN2CCC[C@@]3(CO)CCN(C(=O)CN4CCOCC4)C[C@H]23)cn1. The maximum absolute atomic E-state index is 13.0. The van der Waals surface area contributed by atoms with Gasteiger partial charge in [0.1, 0.15) is 0 Å². The molecule has 1 aromatic heterocycles. The molecule has 3 aliphatic rings. The number of piperidine rings is 2. The van der Waals surface area contributed by atoms with Gasteiger partial charge in [0.2, 0.25) is 11.8 Å². The Morgan fingerprint density at radius 1 is 1.27 bits per heavy atom. The average Bonchev–Trinajstić information content (AvgIpc) is 2.80. The molecule has 3 aliphatic heterocycles. The lowest BCUT2D eigenvalue weighted by Gasteiger charge is -2.54. The number of fused-ring (bicyclic) bond motifs is 1. The van der Waals surface area contributed by atoms with Crippen molar-refractivity contribution in [2.45, 2.75) is 31.8 Å². The summed E-state index contributed by atoms with van der Waals surface area (Å²) in [7, 11) is 1.62. The normalized spacial score (nSPS) is 28.2. The Morgan fingerprint density at radius 2 is 2.10 bits per heavy atom. The zero-order chi connectivity index (χ0) is 21.0. The van der Waals surface area contributed by atoms with Crippen molar-refractivity contribution in [1.29, 1.82) is 0 Å². The third kappa shape index (κ3) is 4.61. The van der Waals surface area contributed by atoms with Crippen molar-refractivity contribution in [3.63, 3.8) is 0 Å². The number of methoxy groups -OCH3 is 1. The fourth-order valence-corrected chi connectivity index (χ4v) is 5.19. The minimum absolute atomic E-state index is 0.117. The highest BCUT2D eigenvalue weighted by atomic mass is 16.5. The molecule has 8 heteroatoms. The number of carbonyl (C=O) groups excluding carboxylic acids is 1. The number of amides is 1. The summed E-state index contributed by atoms with van der Waals surface area (Å²) in [6, 6.07) is 4.10. The summed E-state index contributed by atoms with van der Waals surface area (Å²) in [5.74, 6) is 0.805. The Morgan fingerprint density at radius 3 is 2.80 bits per heavy atom. The summed E-state index contributed by atoms with van der Waals surface area (Å²) in [5.41, 5.74) is 1.01. The molecule has 0 aromatic carbocycles.